The van der Waals surface area contributed by atoms with Crippen LogP contribution in [-0.4, -0.2) is 42.6 Å². The lowest BCUT2D eigenvalue weighted by molar-refractivity contribution is -0.154. The number of methoxy groups -OCH3 is 1. The van der Waals surface area contributed by atoms with Crippen LogP contribution in [0.5, 0.6) is 5.75 Å². The summed E-state index contributed by atoms with van der Waals surface area (Å²) in [5, 5.41) is 2.73. The molecule has 7 heteroatoms. The minimum atomic E-state index is -1.24. The molecule has 0 radical (unpaired) electrons. The second kappa shape index (κ2) is 8.52. The molecule has 1 unspecified atom stereocenters. The van der Waals surface area contributed by atoms with E-state index < -0.39 is 23.4 Å². The number of nitrogens with zero attached hydrogens (tertiary/aromatic N) is 1. The molecule has 0 spiro atoms. The van der Waals surface area contributed by atoms with E-state index >= 15 is 0 Å². The highest BCUT2D eigenvalue weighted by Crippen LogP contribution is 2.38. The zero-order valence-electron chi connectivity index (χ0n) is 19.4. The maximum absolute atomic E-state index is 13.1. The molecule has 2 aliphatic rings. The van der Waals surface area contributed by atoms with Gasteiger partial charge in [-0.2, -0.15) is 0 Å². The summed E-state index contributed by atoms with van der Waals surface area (Å²) in [6.07, 6.45) is 3.51. The van der Waals surface area contributed by atoms with E-state index in [0.717, 1.165) is 36.1 Å². The van der Waals surface area contributed by atoms with E-state index in [0.29, 0.717) is 17.2 Å². The van der Waals surface area contributed by atoms with Gasteiger partial charge in [-0.15, -0.1) is 0 Å². The van der Waals surface area contributed by atoms with E-state index in [9.17, 15) is 14.4 Å². The highest BCUT2D eigenvalue weighted by atomic mass is 16.5. The molecular weight excluding hydrogens is 396 g/mol. The number of hydrogen-bond acceptors (Lipinski definition) is 5. The van der Waals surface area contributed by atoms with Gasteiger partial charge in [-0.05, 0) is 74.1 Å². The number of hydrogen-bond donors (Lipinski definition) is 1. The number of aryl methyl sites for hydroxylation is 1. The zero-order chi connectivity index (χ0) is 23.0. The van der Waals surface area contributed by atoms with Crippen molar-refractivity contribution in [3.63, 3.8) is 0 Å². The normalized spacial score (nSPS) is 26.6. The van der Waals surface area contributed by atoms with Crippen LogP contribution in [0.4, 0.5) is 4.79 Å². The van der Waals surface area contributed by atoms with Gasteiger partial charge >= 0.3 is 12.0 Å². The number of imide groups is 1. The average Bonchev–Trinajstić information content (AvgIpc) is 2.91. The molecule has 3 rings (SSSR count). The van der Waals surface area contributed by atoms with Gasteiger partial charge in [-0.25, -0.2) is 4.79 Å². The summed E-state index contributed by atoms with van der Waals surface area (Å²) < 4.78 is 10.9. The quantitative estimate of drug-likeness (QED) is 0.565. The first-order chi connectivity index (χ1) is 14.5. The molecule has 2 fully saturated rings. The molecule has 31 heavy (non-hydrogen) atoms. The summed E-state index contributed by atoms with van der Waals surface area (Å²) in [4.78, 5) is 39.1. The minimum Gasteiger partial charge on any atom is -0.496 e. The van der Waals surface area contributed by atoms with Gasteiger partial charge in [0.25, 0.3) is 5.91 Å². The van der Waals surface area contributed by atoms with E-state index in [1.54, 1.807) is 26.2 Å². The predicted octanol–water partition coefficient (Wildman–Crippen LogP) is 3.92. The molecule has 1 saturated carbocycles. The molecule has 170 valence electrons. The summed E-state index contributed by atoms with van der Waals surface area (Å²) in [5.74, 6) is 0.307. The molecule has 7 nitrogen and oxygen atoms in total. The molecule has 3 amide bonds. The monoisotopic (exact) mass is 430 g/mol. The average molecular weight is 431 g/mol. The van der Waals surface area contributed by atoms with E-state index in [2.05, 4.69) is 26.1 Å². The molecule has 1 aromatic rings. The highest BCUT2D eigenvalue weighted by molar-refractivity contribution is 6.08. The fourth-order valence-electron chi connectivity index (χ4n) is 4.62. The fourth-order valence-corrected chi connectivity index (χ4v) is 4.62. The van der Waals surface area contributed by atoms with Gasteiger partial charge in [0.05, 0.1) is 7.11 Å². The third-order valence-electron chi connectivity index (χ3n) is 6.73. The number of nitrogens with one attached hydrogen (secondary N) is 1. The van der Waals surface area contributed by atoms with Crippen molar-refractivity contribution in [2.45, 2.75) is 71.9 Å². The Hall–Kier alpha value is -2.57. The van der Waals surface area contributed by atoms with Crippen LogP contribution in [-0.2, 0) is 19.9 Å². The van der Waals surface area contributed by atoms with E-state index in [-0.39, 0.29) is 18.1 Å². The second-order valence-electron chi connectivity index (χ2n) is 9.96. The number of rotatable bonds is 5. The van der Waals surface area contributed by atoms with Crippen LogP contribution >= 0.6 is 0 Å². The number of carbonyl (C=O) groups is 3. The number of benzene rings is 1. The van der Waals surface area contributed by atoms with E-state index in [1.165, 1.54) is 0 Å². The number of amides is 3. The Kier molecular flexibility index (Phi) is 6.35. The van der Waals surface area contributed by atoms with Gasteiger partial charge < -0.3 is 14.8 Å². The summed E-state index contributed by atoms with van der Waals surface area (Å²) in [6, 6.07) is 4.74. The summed E-state index contributed by atoms with van der Waals surface area (Å²) in [6.45, 7) is 9.85. The lowest BCUT2D eigenvalue weighted by Gasteiger charge is -2.36. The molecule has 0 bridgehead atoms. The maximum atomic E-state index is 13.1. The largest absolute Gasteiger partial charge is 0.496 e. The number of ether oxygens (including phenoxy) is 2. The van der Waals surface area contributed by atoms with Gasteiger partial charge in [0.1, 0.15) is 23.9 Å². The lowest BCUT2D eigenvalue weighted by atomic mass is 9.72. The molecule has 1 saturated heterocycles. The van der Waals surface area contributed by atoms with Crippen LogP contribution in [0.2, 0.25) is 0 Å². The van der Waals surface area contributed by atoms with Crippen molar-refractivity contribution < 1.29 is 23.9 Å². The third kappa shape index (κ3) is 4.70. The minimum absolute atomic E-state index is 0.150. The van der Waals surface area contributed by atoms with Gasteiger partial charge in [0.15, 0.2) is 0 Å². The first-order valence-electron chi connectivity index (χ1n) is 10.9. The second-order valence-corrected chi connectivity index (χ2v) is 9.96. The van der Waals surface area contributed by atoms with E-state index in [4.69, 9.17) is 9.47 Å². The molecular formula is C24H34N2O5. The van der Waals surface area contributed by atoms with Crippen LogP contribution in [0.15, 0.2) is 18.2 Å². The lowest BCUT2D eigenvalue weighted by Crippen LogP contribution is -2.42. The van der Waals surface area contributed by atoms with Crippen LogP contribution in [0.25, 0.3) is 0 Å². The Morgan fingerprint density at radius 3 is 2.39 bits per heavy atom. The van der Waals surface area contributed by atoms with Crippen molar-refractivity contribution in [1.29, 1.82) is 0 Å². The Morgan fingerprint density at radius 1 is 1.19 bits per heavy atom. The summed E-state index contributed by atoms with van der Waals surface area (Å²) >= 11 is 0. The van der Waals surface area contributed by atoms with Crippen molar-refractivity contribution in [2.24, 2.45) is 11.3 Å². The van der Waals surface area contributed by atoms with E-state index in [1.807, 2.05) is 13.0 Å². The standard InChI is InChI=1S/C24H34N2O5/c1-15-13-17(9-12-19(15)30-6)24(5)21(28)26(22(29)25-24)14-20(27)31-18-10-7-16(8-11-18)23(2,3)4/h9,12-13,16,18H,7-8,10-11,14H2,1-6H3,(H,25,29). The van der Waals surface area contributed by atoms with Crippen molar-refractivity contribution in [1.82, 2.24) is 10.2 Å². The molecule has 1 aliphatic carbocycles. The Labute approximate surface area is 184 Å². The zero-order valence-corrected chi connectivity index (χ0v) is 19.4. The van der Waals surface area contributed by atoms with Crippen LogP contribution in [0.1, 0.15) is 64.5 Å². The Bertz CT molecular complexity index is 867. The first-order valence-corrected chi connectivity index (χ1v) is 10.9. The molecule has 1 atom stereocenters. The van der Waals surface area contributed by atoms with Gasteiger partial charge in [0, 0.05) is 0 Å². The van der Waals surface area contributed by atoms with Gasteiger partial charge in [-0.3, -0.25) is 14.5 Å². The molecule has 1 heterocycles. The Morgan fingerprint density at radius 2 is 1.84 bits per heavy atom. The summed E-state index contributed by atoms with van der Waals surface area (Å²) in [5.41, 5.74) is 0.505. The fraction of sp³-hybridized carbons (Fsp3) is 0.625. The molecule has 1 aliphatic heterocycles. The Balaban J connectivity index is 1.62. The topological polar surface area (TPSA) is 84.9 Å². The van der Waals surface area contributed by atoms with Crippen molar-refractivity contribution >= 4 is 17.9 Å². The molecule has 0 aromatic heterocycles. The summed E-state index contributed by atoms with van der Waals surface area (Å²) in [7, 11) is 1.58. The van der Waals surface area contributed by atoms with Crippen molar-refractivity contribution in [3.8, 4) is 5.75 Å². The van der Waals surface area contributed by atoms with Crippen LogP contribution < -0.4 is 10.1 Å². The molecule has 1 N–H and O–H groups in total. The smallest absolute Gasteiger partial charge is 0.326 e. The highest BCUT2D eigenvalue weighted by Gasteiger charge is 2.50. The number of carbonyl (C=O) groups excluding carboxylic acids is 3. The first kappa shape index (κ1) is 23.1. The van der Waals surface area contributed by atoms with Crippen LogP contribution in [0.3, 0.4) is 0 Å². The van der Waals surface area contributed by atoms with Gasteiger partial charge in [0.2, 0.25) is 0 Å². The SMILES string of the molecule is COc1ccc(C2(C)NC(=O)N(CC(=O)OC3CCC(C(C)(C)C)CC3)C2=O)cc1C. The third-order valence-corrected chi connectivity index (χ3v) is 6.73. The van der Waals surface area contributed by atoms with Crippen molar-refractivity contribution in [2.75, 3.05) is 13.7 Å². The van der Waals surface area contributed by atoms with Gasteiger partial charge in [-0.1, -0.05) is 26.8 Å². The predicted molar refractivity (Wildman–Crippen MR) is 117 cm³/mol. The van der Waals surface area contributed by atoms with Crippen LogP contribution in [0, 0.1) is 18.3 Å². The number of esters is 1. The number of urea groups is 1. The van der Waals surface area contributed by atoms with Crippen molar-refractivity contribution in [3.05, 3.63) is 29.3 Å². The molecule has 1 aromatic carbocycles. The maximum Gasteiger partial charge on any atom is 0.326 e.